The number of nitrogens with zero attached hydrogens (tertiary/aromatic N) is 1. The molecule has 1 unspecified atom stereocenters. The van der Waals surface area contributed by atoms with Crippen molar-refractivity contribution in [2.75, 3.05) is 11.9 Å². The Balaban J connectivity index is 2.63. The molecule has 1 aromatic carbocycles. The van der Waals surface area contributed by atoms with Crippen LogP contribution in [0.2, 0.25) is 0 Å². The van der Waals surface area contributed by atoms with Gasteiger partial charge in [0.2, 0.25) is 5.91 Å². The van der Waals surface area contributed by atoms with E-state index in [-0.39, 0.29) is 11.6 Å². The van der Waals surface area contributed by atoms with Crippen LogP contribution in [0.25, 0.3) is 0 Å². The maximum absolute atomic E-state index is 12.0. The van der Waals surface area contributed by atoms with E-state index in [0.717, 1.165) is 19.3 Å². The van der Waals surface area contributed by atoms with Crippen molar-refractivity contribution in [1.29, 1.82) is 0 Å². The summed E-state index contributed by atoms with van der Waals surface area (Å²) < 4.78 is 0. The molecular formula is C15H23N3O3. The molecule has 0 saturated heterocycles. The van der Waals surface area contributed by atoms with E-state index in [4.69, 9.17) is 5.73 Å². The summed E-state index contributed by atoms with van der Waals surface area (Å²) in [6.45, 7) is 4.35. The van der Waals surface area contributed by atoms with E-state index in [2.05, 4.69) is 12.2 Å². The highest BCUT2D eigenvalue weighted by molar-refractivity contribution is 5.92. The molecule has 1 atom stereocenters. The van der Waals surface area contributed by atoms with Crippen LogP contribution in [0.3, 0.4) is 0 Å². The molecule has 1 amide bonds. The number of carbonyl (C=O) groups excluding carboxylic acids is 1. The van der Waals surface area contributed by atoms with Gasteiger partial charge in [-0.25, -0.2) is 0 Å². The van der Waals surface area contributed by atoms with Crippen LogP contribution in [0, 0.1) is 23.0 Å². The molecule has 0 aromatic heterocycles. The summed E-state index contributed by atoms with van der Waals surface area (Å²) in [5, 5.41) is 13.6. The fourth-order valence-electron chi connectivity index (χ4n) is 2.29. The second-order valence-corrected chi connectivity index (χ2v) is 5.15. The third kappa shape index (κ3) is 5.15. The smallest absolute Gasteiger partial charge is 0.274 e. The summed E-state index contributed by atoms with van der Waals surface area (Å²) >= 11 is 0. The Hall–Kier alpha value is -1.95. The van der Waals surface area contributed by atoms with Gasteiger partial charge in [0.05, 0.1) is 16.2 Å². The molecule has 0 bridgehead atoms. The number of anilines is 1. The van der Waals surface area contributed by atoms with E-state index >= 15 is 0 Å². The Bertz CT molecular complexity index is 503. The van der Waals surface area contributed by atoms with Crippen LogP contribution in [0.4, 0.5) is 11.4 Å². The molecule has 1 rings (SSSR count). The van der Waals surface area contributed by atoms with Crippen LogP contribution in [0.15, 0.2) is 18.2 Å². The Kier molecular flexibility index (Phi) is 6.81. The van der Waals surface area contributed by atoms with Gasteiger partial charge in [-0.1, -0.05) is 19.4 Å². The second-order valence-electron chi connectivity index (χ2n) is 5.15. The monoisotopic (exact) mass is 293 g/mol. The largest absolute Gasteiger partial charge is 0.330 e. The molecule has 6 heteroatoms. The lowest BCUT2D eigenvalue weighted by atomic mass is 9.96. The number of nitro groups is 1. The van der Waals surface area contributed by atoms with Crippen molar-refractivity contribution in [3.63, 3.8) is 0 Å². The van der Waals surface area contributed by atoms with Crippen LogP contribution in [0.1, 0.15) is 38.2 Å². The summed E-state index contributed by atoms with van der Waals surface area (Å²) in [5.74, 6) is 0.334. The third-order valence-electron chi connectivity index (χ3n) is 3.71. The first-order valence-corrected chi connectivity index (χ1v) is 7.23. The third-order valence-corrected chi connectivity index (χ3v) is 3.71. The summed E-state index contributed by atoms with van der Waals surface area (Å²) in [6.07, 6.45) is 3.11. The fraction of sp³-hybridized carbons (Fsp3) is 0.533. The van der Waals surface area contributed by atoms with Gasteiger partial charge in [0.15, 0.2) is 0 Å². The lowest BCUT2D eigenvalue weighted by Crippen LogP contribution is -2.15. The first kappa shape index (κ1) is 17.1. The first-order valence-electron chi connectivity index (χ1n) is 7.23. The van der Waals surface area contributed by atoms with Gasteiger partial charge in [-0.3, -0.25) is 14.9 Å². The van der Waals surface area contributed by atoms with Crippen LogP contribution < -0.4 is 11.1 Å². The molecule has 0 heterocycles. The van der Waals surface area contributed by atoms with Crippen molar-refractivity contribution in [1.82, 2.24) is 0 Å². The highest BCUT2D eigenvalue weighted by Crippen LogP contribution is 2.25. The van der Waals surface area contributed by atoms with Gasteiger partial charge in [0.25, 0.3) is 5.69 Å². The molecule has 1 aromatic rings. The van der Waals surface area contributed by atoms with Gasteiger partial charge in [-0.05, 0) is 38.3 Å². The Morgan fingerprint density at radius 1 is 1.43 bits per heavy atom. The molecular weight excluding hydrogens is 270 g/mol. The lowest BCUT2D eigenvalue weighted by molar-refractivity contribution is -0.385. The number of benzene rings is 1. The van der Waals surface area contributed by atoms with Gasteiger partial charge in [0.1, 0.15) is 0 Å². The van der Waals surface area contributed by atoms with E-state index < -0.39 is 4.92 Å². The normalized spacial score (nSPS) is 12.0. The Labute approximate surface area is 124 Å². The molecule has 0 aliphatic rings. The molecule has 6 nitrogen and oxygen atoms in total. The van der Waals surface area contributed by atoms with Crippen LogP contribution in [-0.4, -0.2) is 17.4 Å². The molecule has 0 aliphatic carbocycles. The van der Waals surface area contributed by atoms with Gasteiger partial charge < -0.3 is 11.1 Å². The molecule has 0 radical (unpaired) electrons. The van der Waals surface area contributed by atoms with Gasteiger partial charge in [-0.15, -0.1) is 0 Å². The van der Waals surface area contributed by atoms with Crippen LogP contribution >= 0.6 is 0 Å². The molecule has 0 saturated carbocycles. The predicted molar refractivity (Wildman–Crippen MR) is 83.1 cm³/mol. The lowest BCUT2D eigenvalue weighted by Gasteiger charge is -2.13. The number of amides is 1. The van der Waals surface area contributed by atoms with Crippen molar-refractivity contribution >= 4 is 17.3 Å². The zero-order valence-electron chi connectivity index (χ0n) is 12.6. The van der Waals surface area contributed by atoms with Gasteiger partial charge >= 0.3 is 0 Å². The second kappa shape index (κ2) is 8.36. The fourth-order valence-corrected chi connectivity index (χ4v) is 2.29. The topological polar surface area (TPSA) is 98.3 Å². The van der Waals surface area contributed by atoms with Crippen LogP contribution in [0.5, 0.6) is 0 Å². The van der Waals surface area contributed by atoms with E-state index in [1.54, 1.807) is 19.1 Å². The zero-order valence-corrected chi connectivity index (χ0v) is 12.6. The van der Waals surface area contributed by atoms with Crippen LogP contribution in [-0.2, 0) is 4.79 Å². The van der Waals surface area contributed by atoms with Crippen molar-refractivity contribution in [2.24, 2.45) is 11.7 Å². The van der Waals surface area contributed by atoms with E-state index in [1.807, 2.05) is 0 Å². The SMILES string of the molecule is CCC(CCN)CCC(=O)Nc1cccc([N+](=O)[O-])c1C. The number of carbonyl (C=O) groups is 1. The van der Waals surface area contributed by atoms with Crippen molar-refractivity contribution in [3.05, 3.63) is 33.9 Å². The minimum atomic E-state index is -0.445. The molecule has 3 N–H and O–H groups in total. The number of rotatable bonds is 8. The maximum Gasteiger partial charge on any atom is 0.274 e. The van der Waals surface area contributed by atoms with E-state index in [1.165, 1.54) is 6.07 Å². The average molecular weight is 293 g/mol. The number of nitro benzene ring substituents is 1. The summed E-state index contributed by atoms with van der Waals surface area (Å²) in [6, 6.07) is 4.68. The number of hydrogen-bond acceptors (Lipinski definition) is 4. The standard InChI is InChI=1S/C15H23N3O3/c1-3-12(9-10-16)7-8-15(19)17-13-5-4-6-14(11(13)2)18(20)21/h4-6,12H,3,7-10,16H2,1-2H3,(H,17,19). The molecule has 0 spiro atoms. The van der Waals surface area contributed by atoms with Gasteiger partial charge in [-0.2, -0.15) is 0 Å². The first-order chi connectivity index (χ1) is 9.99. The minimum Gasteiger partial charge on any atom is -0.330 e. The molecule has 116 valence electrons. The van der Waals surface area contributed by atoms with Crippen molar-refractivity contribution in [3.8, 4) is 0 Å². The number of hydrogen-bond donors (Lipinski definition) is 2. The highest BCUT2D eigenvalue weighted by Gasteiger charge is 2.15. The van der Waals surface area contributed by atoms with Gasteiger partial charge in [0, 0.05) is 12.5 Å². The number of nitrogens with two attached hydrogens (primary N) is 1. The quantitative estimate of drug-likeness (QED) is 0.568. The summed E-state index contributed by atoms with van der Waals surface area (Å²) in [4.78, 5) is 22.4. The van der Waals surface area contributed by atoms with Crippen molar-refractivity contribution < 1.29 is 9.72 Å². The van der Waals surface area contributed by atoms with Crippen molar-refractivity contribution in [2.45, 2.75) is 39.5 Å². The Morgan fingerprint density at radius 2 is 2.14 bits per heavy atom. The van der Waals surface area contributed by atoms with E-state index in [9.17, 15) is 14.9 Å². The number of nitrogens with one attached hydrogen (secondary N) is 1. The average Bonchev–Trinajstić information content (AvgIpc) is 2.45. The zero-order chi connectivity index (χ0) is 15.8. The Morgan fingerprint density at radius 3 is 2.71 bits per heavy atom. The molecule has 0 fully saturated rings. The molecule has 0 aliphatic heterocycles. The maximum atomic E-state index is 12.0. The summed E-state index contributed by atoms with van der Waals surface area (Å²) in [5.41, 5.74) is 6.53. The molecule has 21 heavy (non-hydrogen) atoms. The predicted octanol–water partition coefficient (Wildman–Crippen LogP) is 3.00. The van der Waals surface area contributed by atoms with E-state index in [0.29, 0.717) is 30.1 Å². The highest BCUT2D eigenvalue weighted by atomic mass is 16.6. The minimum absolute atomic E-state index is 0.0161. The summed E-state index contributed by atoms with van der Waals surface area (Å²) in [7, 11) is 0.